The van der Waals surface area contributed by atoms with Crippen LogP contribution in [0.15, 0.2) is 23.0 Å². The third-order valence-corrected chi connectivity index (χ3v) is 5.63. The van der Waals surface area contributed by atoms with Crippen LogP contribution < -0.4 is 5.69 Å². The number of hydrogen-bond acceptors (Lipinski definition) is 2. The van der Waals surface area contributed by atoms with Crippen molar-refractivity contribution in [3.05, 3.63) is 50.9 Å². The molecule has 0 atom stereocenters. The molecule has 1 heterocycles. The molecule has 1 aliphatic rings. The summed E-state index contributed by atoms with van der Waals surface area (Å²) in [5, 5.41) is 4.07. The molecule has 0 radical (unpaired) electrons. The molecule has 1 saturated carbocycles. The molecular formula is C19H20ClF6N3O. The van der Waals surface area contributed by atoms with Gasteiger partial charge in [0.05, 0.1) is 13.0 Å². The highest BCUT2D eigenvalue weighted by Crippen LogP contribution is 2.36. The maximum Gasteiger partial charge on any atom is 0.390 e. The van der Waals surface area contributed by atoms with Crippen molar-refractivity contribution in [1.82, 2.24) is 14.3 Å². The van der Waals surface area contributed by atoms with Crippen molar-refractivity contribution in [2.75, 3.05) is 0 Å². The van der Waals surface area contributed by atoms with E-state index >= 15 is 0 Å². The minimum atomic E-state index is -4.48. The van der Waals surface area contributed by atoms with Crippen LogP contribution in [0.4, 0.5) is 26.3 Å². The van der Waals surface area contributed by atoms with Gasteiger partial charge in [0.1, 0.15) is 11.6 Å². The van der Waals surface area contributed by atoms with Gasteiger partial charge >= 0.3 is 11.9 Å². The summed E-state index contributed by atoms with van der Waals surface area (Å²) in [7, 11) is 0. The van der Waals surface area contributed by atoms with Crippen LogP contribution in [-0.4, -0.2) is 26.4 Å². The first-order valence-corrected chi connectivity index (χ1v) is 9.87. The fourth-order valence-electron chi connectivity index (χ4n) is 3.58. The van der Waals surface area contributed by atoms with Gasteiger partial charge in [0.15, 0.2) is 0 Å². The summed E-state index contributed by atoms with van der Waals surface area (Å²) in [6.07, 6.45) is -6.22. The number of benzene rings is 1. The Bertz CT molecular complexity index is 922. The zero-order chi connectivity index (χ0) is 22.1. The molecule has 2 aromatic rings. The zero-order valence-corrected chi connectivity index (χ0v) is 16.6. The summed E-state index contributed by atoms with van der Waals surface area (Å²) in [6, 6.07) is 4.03. The van der Waals surface area contributed by atoms with Gasteiger partial charge in [0.25, 0.3) is 0 Å². The lowest BCUT2D eigenvalue weighted by molar-refractivity contribution is -0.137. The summed E-state index contributed by atoms with van der Waals surface area (Å²) in [5.41, 5.74) is -0.720. The fourth-order valence-corrected chi connectivity index (χ4v) is 3.81. The maximum absolute atomic E-state index is 14.2. The Morgan fingerprint density at radius 1 is 1.20 bits per heavy atom. The SMILES string of the molecule is O=c1n(CCC(F)(F)F)nc(Cc2c(F)cccc2Cl)n1CC1CCC(F)(F)CC1. The van der Waals surface area contributed by atoms with Crippen molar-refractivity contribution in [2.45, 2.75) is 63.7 Å². The van der Waals surface area contributed by atoms with Crippen LogP contribution in [0, 0.1) is 11.7 Å². The molecule has 0 N–H and O–H groups in total. The van der Waals surface area contributed by atoms with Gasteiger partial charge in [-0.25, -0.2) is 22.6 Å². The van der Waals surface area contributed by atoms with Gasteiger partial charge in [-0.2, -0.15) is 18.3 Å². The van der Waals surface area contributed by atoms with Crippen LogP contribution in [0.1, 0.15) is 43.5 Å². The van der Waals surface area contributed by atoms with E-state index in [0.717, 1.165) is 4.57 Å². The minimum absolute atomic E-state index is 0.0301. The molecule has 0 saturated heterocycles. The van der Waals surface area contributed by atoms with E-state index in [-0.39, 0.29) is 61.0 Å². The number of nitrogens with zero attached hydrogens (tertiary/aromatic N) is 3. The summed E-state index contributed by atoms with van der Waals surface area (Å²) >= 11 is 6.03. The molecule has 1 aromatic heterocycles. The van der Waals surface area contributed by atoms with E-state index in [0.29, 0.717) is 4.68 Å². The molecule has 166 valence electrons. The Labute approximate surface area is 173 Å². The molecule has 30 heavy (non-hydrogen) atoms. The fraction of sp³-hybridized carbons (Fsp3) is 0.579. The molecule has 0 spiro atoms. The predicted molar refractivity (Wildman–Crippen MR) is 98.3 cm³/mol. The molecule has 0 bridgehead atoms. The lowest BCUT2D eigenvalue weighted by atomic mass is 9.86. The van der Waals surface area contributed by atoms with Crippen LogP contribution in [0.25, 0.3) is 0 Å². The van der Waals surface area contributed by atoms with E-state index in [4.69, 9.17) is 11.6 Å². The molecule has 11 heteroatoms. The van der Waals surface area contributed by atoms with E-state index in [1.54, 1.807) is 0 Å². The second-order valence-corrected chi connectivity index (χ2v) is 7.98. The van der Waals surface area contributed by atoms with E-state index in [2.05, 4.69) is 5.10 Å². The highest BCUT2D eigenvalue weighted by atomic mass is 35.5. The minimum Gasteiger partial charge on any atom is -0.278 e. The first-order valence-electron chi connectivity index (χ1n) is 9.49. The molecule has 1 fully saturated rings. The standard InChI is InChI=1S/C19H20ClF6N3O/c20-14-2-1-3-15(21)13(14)10-16-27-29(9-8-19(24,25)26)17(30)28(16)11-12-4-6-18(22,23)7-5-12/h1-3,12H,4-11H2. The number of alkyl halides is 5. The molecule has 4 nitrogen and oxygen atoms in total. The average molecular weight is 456 g/mol. The summed E-state index contributed by atoms with van der Waals surface area (Å²) < 4.78 is 80.6. The Kier molecular flexibility index (Phi) is 6.54. The molecular weight excluding hydrogens is 436 g/mol. The third-order valence-electron chi connectivity index (χ3n) is 5.28. The zero-order valence-electron chi connectivity index (χ0n) is 15.9. The Hall–Kier alpha value is -1.97. The quantitative estimate of drug-likeness (QED) is 0.561. The van der Waals surface area contributed by atoms with Gasteiger partial charge in [0.2, 0.25) is 5.92 Å². The number of aryl methyl sites for hydroxylation is 1. The lowest BCUT2D eigenvalue weighted by Gasteiger charge is -2.28. The lowest BCUT2D eigenvalue weighted by Crippen LogP contribution is -2.32. The average Bonchev–Trinajstić information content (AvgIpc) is 2.93. The van der Waals surface area contributed by atoms with Crippen LogP contribution in [0.3, 0.4) is 0 Å². The first-order chi connectivity index (χ1) is 14.0. The second-order valence-electron chi connectivity index (χ2n) is 7.57. The summed E-state index contributed by atoms with van der Waals surface area (Å²) in [6.45, 7) is -0.654. The molecule has 0 amide bonds. The number of rotatable bonds is 6. The largest absolute Gasteiger partial charge is 0.390 e. The van der Waals surface area contributed by atoms with Crippen LogP contribution >= 0.6 is 11.6 Å². The Balaban J connectivity index is 1.90. The van der Waals surface area contributed by atoms with Gasteiger partial charge < -0.3 is 0 Å². The van der Waals surface area contributed by atoms with Gasteiger partial charge in [-0.05, 0) is 30.9 Å². The topological polar surface area (TPSA) is 39.8 Å². The van der Waals surface area contributed by atoms with Gasteiger partial charge in [-0.3, -0.25) is 4.57 Å². The molecule has 1 aliphatic carbocycles. The van der Waals surface area contributed by atoms with Crippen molar-refractivity contribution in [3.8, 4) is 0 Å². The molecule has 1 aromatic carbocycles. The van der Waals surface area contributed by atoms with E-state index < -0.39 is 36.6 Å². The van der Waals surface area contributed by atoms with Gasteiger partial charge in [-0.1, -0.05) is 17.7 Å². The highest BCUT2D eigenvalue weighted by Gasteiger charge is 2.35. The highest BCUT2D eigenvalue weighted by molar-refractivity contribution is 6.31. The summed E-state index contributed by atoms with van der Waals surface area (Å²) in [5.74, 6) is -3.59. The first kappa shape index (κ1) is 22.7. The van der Waals surface area contributed by atoms with E-state index in [1.807, 2.05) is 0 Å². The van der Waals surface area contributed by atoms with Crippen molar-refractivity contribution >= 4 is 11.6 Å². The van der Waals surface area contributed by atoms with Crippen molar-refractivity contribution < 1.29 is 26.3 Å². The molecule has 0 unspecified atom stereocenters. The number of aromatic nitrogens is 3. The predicted octanol–water partition coefficient (Wildman–Crippen LogP) is 5.21. The second kappa shape index (κ2) is 8.64. The van der Waals surface area contributed by atoms with Crippen molar-refractivity contribution in [3.63, 3.8) is 0 Å². The molecule has 3 rings (SSSR count). The molecule has 0 aliphatic heterocycles. The van der Waals surface area contributed by atoms with Gasteiger partial charge in [-0.15, -0.1) is 0 Å². The van der Waals surface area contributed by atoms with Crippen LogP contribution in [0.5, 0.6) is 0 Å². The van der Waals surface area contributed by atoms with E-state index in [1.165, 1.54) is 18.2 Å². The monoisotopic (exact) mass is 455 g/mol. The van der Waals surface area contributed by atoms with Gasteiger partial charge in [0, 0.05) is 36.4 Å². The van der Waals surface area contributed by atoms with Crippen molar-refractivity contribution in [1.29, 1.82) is 0 Å². The maximum atomic E-state index is 14.2. The third kappa shape index (κ3) is 5.59. The smallest absolute Gasteiger partial charge is 0.278 e. The van der Waals surface area contributed by atoms with Crippen LogP contribution in [-0.2, 0) is 19.5 Å². The summed E-state index contributed by atoms with van der Waals surface area (Å²) in [4.78, 5) is 12.7. The number of halogens is 7. The van der Waals surface area contributed by atoms with Crippen molar-refractivity contribution in [2.24, 2.45) is 5.92 Å². The van der Waals surface area contributed by atoms with Crippen LogP contribution in [0.2, 0.25) is 5.02 Å². The Morgan fingerprint density at radius 2 is 1.87 bits per heavy atom. The Morgan fingerprint density at radius 3 is 2.47 bits per heavy atom. The number of hydrogen-bond donors (Lipinski definition) is 0. The van der Waals surface area contributed by atoms with E-state index in [9.17, 15) is 31.1 Å². The normalized spacial score (nSPS) is 17.4.